The van der Waals surface area contributed by atoms with Crippen molar-refractivity contribution in [2.24, 2.45) is 18.7 Å². The highest BCUT2D eigenvalue weighted by Crippen LogP contribution is 2.20. The smallest absolute Gasteiger partial charge is 0.181 e. The van der Waals surface area contributed by atoms with Gasteiger partial charge in [0.15, 0.2) is 5.82 Å². The second kappa shape index (κ2) is 5.31. The number of hydrogen-bond donors (Lipinski definition) is 1. The van der Waals surface area contributed by atoms with Gasteiger partial charge in [-0.3, -0.25) is 4.68 Å². The Bertz CT molecular complexity index is 502. The highest BCUT2D eigenvalue weighted by atomic mass is 15.3. The summed E-state index contributed by atoms with van der Waals surface area (Å²) in [5.41, 5.74) is 7.19. The lowest BCUT2D eigenvalue weighted by Gasteiger charge is -2.12. The molecule has 4 heteroatoms. The molecule has 0 spiro atoms. The minimum atomic E-state index is -0.0556. The first-order chi connectivity index (χ1) is 8.58. The number of nitrogens with zero attached hydrogens (tertiary/aromatic N) is 3. The van der Waals surface area contributed by atoms with Crippen LogP contribution in [0.3, 0.4) is 0 Å². The van der Waals surface area contributed by atoms with E-state index < -0.39 is 0 Å². The maximum atomic E-state index is 6.16. The van der Waals surface area contributed by atoms with Crippen molar-refractivity contribution in [1.82, 2.24) is 14.8 Å². The largest absolute Gasteiger partial charge is 0.321 e. The van der Waals surface area contributed by atoms with E-state index in [4.69, 9.17) is 5.73 Å². The Kier molecular flexibility index (Phi) is 3.77. The number of nitrogens with two attached hydrogens (primary N) is 1. The molecule has 4 nitrogen and oxygen atoms in total. The molecule has 0 saturated heterocycles. The summed E-state index contributed by atoms with van der Waals surface area (Å²) in [6.07, 6.45) is 0.917. The van der Waals surface area contributed by atoms with Crippen molar-refractivity contribution in [2.45, 2.75) is 26.3 Å². The molecule has 1 aromatic heterocycles. The second-order valence-electron chi connectivity index (χ2n) is 5.02. The molecule has 2 N–H and O–H groups in total. The lowest BCUT2D eigenvalue weighted by Crippen LogP contribution is -2.17. The molecule has 2 rings (SSSR count). The minimum absolute atomic E-state index is 0.0556. The van der Waals surface area contributed by atoms with Crippen molar-refractivity contribution >= 4 is 0 Å². The van der Waals surface area contributed by atoms with E-state index in [1.165, 1.54) is 0 Å². The van der Waals surface area contributed by atoms with Crippen molar-refractivity contribution in [3.05, 3.63) is 36.2 Å². The van der Waals surface area contributed by atoms with E-state index in [-0.39, 0.29) is 6.04 Å². The standard InChI is InChI=1S/C14H20N4/c1-10(2)9-12(15)14-16-13(17-18(14)3)11-7-5-4-6-8-11/h4-8,10,12H,9,15H2,1-3H3. The Balaban J connectivity index is 2.27. The van der Waals surface area contributed by atoms with E-state index in [9.17, 15) is 0 Å². The van der Waals surface area contributed by atoms with Gasteiger partial charge in [0.25, 0.3) is 0 Å². The van der Waals surface area contributed by atoms with Crippen molar-refractivity contribution in [3.63, 3.8) is 0 Å². The van der Waals surface area contributed by atoms with Crippen LogP contribution in [0.2, 0.25) is 0 Å². The number of benzene rings is 1. The summed E-state index contributed by atoms with van der Waals surface area (Å²) in [7, 11) is 1.90. The van der Waals surface area contributed by atoms with Gasteiger partial charge >= 0.3 is 0 Å². The SMILES string of the molecule is CC(C)CC(N)c1nc(-c2ccccc2)nn1C. The summed E-state index contributed by atoms with van der Waals surface area (Å²) in [5.74, 6) is 2.15. The molecule has 2 aromatic rings. The summed E-state index contributed by atoms with van der Waals surface area (Å²) in [6, 6.07) is 9.91. The van der Waals surface area contributed by atoms with E-state index in [1.807, 2.05) is 37.4 Å². The molecule has 0 fully saturated rings. The van der Waals surface area contributed by atoms with Crippen LogP contribution in [0.25, 0.3) is 11.4 Å². The third-order valence-corrected chi connectivity index (χ3v) is 2.89. The Morgan fingerprint density at radius 1 is 1.22 bits per heavy atom. The fourth-order valence-electron chi connectivity index (χ4n) is 2.04. The van der Waals surface area contributed by atoms with Crippen LogP contribution in [0.4, 0.5) is 0 Å². The van der Waals surface area contributed by atoms with Gasteiger partial charge in [-0.15, -0.1) is 0 Å². The Morgan fingerprint density at radius 3 is 2.50 bits per heavy atom. The molecule has 1 aromatic carbocycles. The Morgan fingerprint density at radius 2 is 1.89 bits per heavy atom. The number of hydrogen-bond acceptors (Lipinski definition) is 3. The average molecular weight is 244 g/mol. The lowest BCUT2D eigenvalue weighted by molar-refractivity contribution is 0.477. The van der Waals surface area contributed by atoms with Crippen LogP contribution in [0, 0.1) is 5.92 Å². The van der Waals surface area contributed by atoms with Gasteiger partial charge < -0.3 is 5.73 Å². The van der Waals surface area contributed by atoms with Gasteiger partial charge in [0.1, 0.15) is 5.82 Å². The monoisotopic (exact) mass is 244 g/mol. The molecule has 1 heterocycles. The predicted octanol–water partition coefficient (Wildman–Crippen LogP) is 2.53. The second-order valence-corrected chi connectivity index (χ2v) is 5.02. The first-order valence-corrected chi connectivity index (χ1v) is 6.30. The summed E-state index contributed by atoms with van der Waals surface area (Å²) < 4.78 is 1.79. The molecule has 0 aliphatic carbocycles. The summed E-state index contributed by atoms with van der Waals surface area (Å²) in [5, 5.41) is 4.43. The fraction of sp³-hybridized carbons (Fsp3) is 0.429. The predicted molar refractivity (Wildman–Crippen MR) is 72.8 cm³/mol. The highest BCUT2D eigenvalue weighted by Gasteiger charge is 2.16. The van der Waals surface area contributed by atoms with Crippen molar-refractivity contribution in [2.75, 3.05) is 0 Å². The third kappa shape index (κ3) is 2.76. The first-order valence-electron chi connectivity index (χ1n) is 6.30. The zero-order valence-electron chi connectivity index (χ0n) is 11.2. The van der Waals surface area contributed by atoms with Gasteiger partial charge in [-0.25, -0.2) is 4.98 Å². The van der Waals surface area contributed by atoms with E-state index in [0.717, 1.165) is 23.6 Å². The third-order valence-electron chi connectivity index (χ3n) is 2.89. The van der Waals surface area contributed by atoms with Crippen LogP contribution in [0.5, 0.6) is 0 Å². The maximum absolute atomic E-state index is 6.16. The van der Waals surface area contributed by atoms with Crippen molar-refractivity contribution in [1.29, 1.82) is 0 Å². The molecule has 1 atom stereocenters. The van der Waals surface area contributed by atoms with Gasteiger partial charge in [0.2, 0.25) is 0 Å². The molecule has 0 amide bonds. The van der Waals surface area contributed by atoms with Gasteiger partial charge in [0, 0.05) is 12.6 Å². The van der Waals surface area contributed by atoms with Gasteiger partial charge in [-0.05, 0) is 12.3 Å². The number of aryl methyl sites for hydroxylation is 1. The fourth-order valence-corrected chi connectivity index (χ4v) is 2.04. The zero-order chi connectivity index (χ0) is 13.1. The number of rotatable bonds is 4. The molecular formula is C14H20N4. The summed E-state index contributed by atoms with van der Waals surface area (Å²) in [4.78, 5) is 4.56. The molecule has 0 bridgehead atoms. The van der Waals surface area contributed by atoms with Crippen molar-refractivity contribution in [3.8, 4) is 11.4 Å². The van der Waals surface area contributed by atoms with Crippen LogP contribution in [0.15, 0.2) is 30.3 Å². The molecule has 96 valence electrons. The van der Waals surface area contributed by atoms with Crippen LogP contribution in [-0.2, 0) is 7.05 Å². The maximum Gasteiger partial charge on any atom is 0.181 e. The van der Waals surface area contributed by atoms with Crippen molar-refractivity contribution < 1.29 is 0 Å². The first kappa shape index (κ1) is 12.8. The molecular weight excluding hydrogens is 224 g/mol. The molecule has 18 heavy (non-hydrogen) atoms. The molecule has 0 aliphatic rings. The van der Waals surface area contributed by atoms with Crippen LogP contribution in [0.1, 0.15) is 32.1 Å². The quantitative estimate of drug-likeness (QED) is 0.899. The van der Waals surface area contributed by atoms with E-state index in [2.05, 4.69) is 23.9 Å². The summed E-state index contributed by atoms with van der Waals surface area (Å²) >= 11 is 0. The molecule has 0 saturated carbocycles. The Hall–Kier alpha value is -1.68. The minimum Gasteiger partial charge on any atom is -0.321 e. The highest BCUT2D eigenvalue weighted by molar-refractivity contribution is 5.54. The van der Waals surface area contributed by atoms with Crippen LogP contribution >= 0.6 is 0 Å². The average Bonchev–Trinajstić information content (AvgIpc) is 2.72. The van der Waals surface area contributed by atoms with Crippen LogP contribution < -0.4 is 5.73 Å². The topological polar surface area (TPSA) is 56.7 Å². The Labute approximate surface area is 108 Å². The zero-order valence-corrected chi connectivity index (χ0v) is 11.2. The molecule has 0 radical (unpaired) electrons. The normalized spacial score (nSPS) is 12.9. The molecule has 0 aliphatic heterocycles. The van der Waals surface area contributed by atoms with Gasteiger partial charge in [-0.2, -0.15) is 5.10 Å². The van der Waals surface area contributed by atoms with E-state index in [0.29, 0.717) is 5.92 Å². The van der Waals surface area contributed by atoms with Crippen LogP contribution in [-0.4, -0.2) is 14.8 Å². The van der Waals surface area contributed by atoms with E-state index in [1.54, 1.807) is 4.68 Å². The van der Waals surface area contributed by atoms with Gasteiger partial charge in [0.05, 0.1) is 6.04 Å². The number of aromatic nitrogens is 3. The lowest BCUT2D eigenvalue weighted by atomic mass is 10.0. The van der Waals surface area contributed by atoms with E-state index >= 15 is 0 Å². The van der Waals surface area contributed by atoms with Gasteiger partial charge in [-0.1, -0.05) is 44.2 Å². The molecule has 1 unspecified atom stereocenters. The summed E-state index contributed by atoms with van der Waals surface area (Å²) in [6.45, 7) is 4.32.